The van der Waals surface area contributed by atoms with E-state index < -0.39 is 28.0 Å². The predicted octanol–water partition coefficient (Wildman–Crippen LogP) is 8.87. The zero-order valence-corrected chi connectivity index (χ0v) is 28.9. The molecular weight excluding hydrogens is 533 g/mol. The molecule has 40 heavy (non-hydrogen) atoms. The SMILES string of the molecule is CC(C)(C)[Si](C)(C)OCC[C@@]12Oc3ccc(O[Si](C)(C)C(C)(C)C)cc3C=C1CC[C@@]1(C)C2=CCC12OCCO2. The summed E-state index contributed by atoms with van der Waals surface area (Å²) in [7, 11) is -3.86. The van der Waals surface area contributed by atoms with Crippen molar-refractivity contribution in [2.24, 2.45) is 5.41 Å². The highest BCUT2D eigenvalue weighted by molar-refractivity contribution is 6.75. The first-order valence-electron chi connectivity index (χ1n) is 15.2. The molecule has 1 aromatic carbocycles. The van der Waals surface area contributed by atoms with Gasteiger partial charge in [0.15, 0.2) is 19.7 Å². The third-order valence-corrected chi connectivity index (χ3v) is 20.0. The van der Waals surface area contributed by atoms with E-state index in [1.165, 1.54) is 11.1 Å². The minimum atomic E-state index is -1.95. The van der Waals surface area contributed by atoms with Crippen molar-refractivity contribution in [2.75, 3.05) is 19.8 Å². The molecule has 2 aliphatic heterocycles. The molecule has 1 spiro atoms. The number of hydrogen-bond acceptors (Lipinski definition) is 5. The zero-order valence-electron chi connectivity index (χ0n) is 26.9. The molecule has 1 saturated heterocycles. The van der Waals surface area contributed by atoms with Crippen LogP contribution in [0.25, 0.3) is 6.08 Å². The summed E-state index contributed by atoms with van der Waals surface area (Å²) in [5, 5.41) is 0.299. The maximum Gasteiger partial charge on any atom is 0.250 e. The highest BCUT2D eigenvalue weighted by atomic mass is 28.4. The Morgan fingerprint density at radius 2 is 1.57 bits per heavy atom. The van der Waals surface area contributed by atoms with Gasteiger partial charge in [0.25, 0.3) is 0 Å². The van der Waals surface area contributed by atoms with Gasteiger partial charge in [-0.3, -0.25) is 0 Å². The van der Waals surface area contributed by atoms with Gasteiger partial charge in [-0.15, -0.1) is 0 Å². The Labute approximate surface area is 244 Å². The van der Waals surface area contributed by atoms with E-state index in [-0.39, 0.29) is 15.5 Å². The van der Waals surface area contributed by atoms with E-state index in [0.29, 0.717) is 19.8 Å². The molecule has 0 aromatic heterocycles. The third-order valence-electron chi connectivity index (χ3n) is 11.1. The van der Waals surface area contributed by atoms with Crippen LogP contribution in [-0.4, -0.2) is 47.8 Å². The molecule has 0 bridgehead atoms. The molecule has 1 aromatic rings. The van der Waals surface area contributed by atoms with Crippen LogP contribution in [-0.2, 0) is 13.9 Å². The van der Waals surface area contributed by atoms with Gasteiger partial charge in [-0.05, 0) is 84.5 Å². The summed E-state index contributed by atoms with van der Waals surface area (Å²) in [5.74, 6) is 1.27. The molecular formula is C33H52O5Si2. The van der Waals surface area contributed by atoms with Gasteiger partial charge >= 0.3 is 0 Å². The van der Waals surface area contributed by atoms with Gasteiger partial charge in [0.2, 0.25) is 8.32 Å². The van der Waals surface area contributed by atoms with Crippen LogP contribution in [0.3, 0.4) is 0 Å². The van der Waals surface area contributed by atoms with Gasteiger partial charge in [-0.2, -0.15) is 0 Å². The van der Waals surface area contributed by atoms with Crippen LogP contribution in [0, 0.1) is 5.41 Å². The fourth-order valence-electron chi connectivity index (χ4n) is 6.42. The Morgan fingerprint density at radius 1 is 0.925 bits per heavy atom. The van der Waals surface area contributed by atoms with Crippen LogP contribution in [0.5, 0.6) is 11.5 Å². The lowest BCUT2D eigenvalue weighted by atomic mass is 9.60. The van der Waals surface area contributed by atoms with Crippen molar-refractivity contribution in [3.63, 3.8) is 0 Å². The quantitative estimate of drug-likeness (QED) is 0.247. The normalized spacial score (nSPS) is 27.9. The molecule has 0 N–H and O–H groups in total. The largest absolute Gasteiger partial charge is 0.543 e. The molecule has 2 aliphatic carbocycles. The highest BCUT2D eigenvalue weighted by Gasteiger charge is 2.65. The van der Waals surface area contributed by atoms with Crippen molar-refractivity contribution in [1.29, 1.82) is 0 Å². The highest BCUT2D eigenvalue weighted by Crippen LogP contribution is 2.64. The first-order chi connectivity index (χ1) is 18.4. The first kappa shape index (κ1) is 30.1. The summed E-state index contributed by atoms with van der Waals surface area (Å²) in [6.07, 6.45) is 8.22. The molecule has 2 heterocycles. The Balaban J connectivity index is 1.51. The summed E-state index contributed by atoms with van der Waals surface area (Å²) in [5.41, 5.74) is 2.97. The van der Waals surface area contributed by atoms with Crippen LogP contribution in [0.15, 0.2) is 35.4 Å². The predicted molar refractivity (Wildman–Crippen MR) is 168 cm³/mol. The van der Waals surface area contributed by atoms with Crippen LogP contribution in [0.1, 0.15) is 79.7 Å². The molecule has 5 rings (SSSR count). The molecule has 5 nitrogen and oxygen atoms in total. The van der Waals surface area contributed by atoms with Gasteiger partial charge in [0.05, 0.1) is 13.2 Å². The minimum absolute atomic E-state index is 0.139. The molecule has 4 aliphatic rings. The molecule has 1 saturated carbocycles. The second-order valence-electron chi connectivity index (χ2n) is 15.6. The smallest absolute Gasteiger partial charge is 0.250 e. The van der Waals surface area contributed by atoms with Crippen molar-refractivity contribution in [3.05, 3.63) is 41.0 Å². The summed E-state index contributed by atoms with van der Waals surface area (Å²) < 4.78 is 33.4. The topological polar surface area (TPSA) is 46.2 Å². The minimum Gasteiger partial charge on any atom is -0.543 e. The number of fused-ring (bicyclic) bond motifs is 5. The molecule has 222 valence electrons. The maximum atomic E-state index is 7.20. The lowest BCUT2D eigenvalue weighted by Crippen LogP contribution is -2.56. The number of rotatable bonds is 6. The molecule has 2 fully saturated rings. The van der Waals surface area contributed by atoms with Gasteiger partial charge in [0.1, 0.15) is 11.5 Å². The lowest BCUT2D eigenvalue weighted by molar-refractivity contribution is -0.219. The molecule has 0 amide bonds. The number of ether oxygens (including phenoxy) is 3. The van der Waals surface area contributed by atoms with Crippen molar-refractivity contribution in [3.8, 4) is 11.5 Å². The average molecular weight is 585 g/mol. The third kappa shape index (κ3) is 4.68. The van der Waals surface area contributed by atoms with Crippen LogP contribution >= 0.6 is 0 Å². The first-order valence-corrected chi connectivity index (χ1v) is 21.0. The molecule has 2 atom stereocenters. The number of benzene rings is 1. The maximum absolute atomic E-state index is 7.20. The Kier molecular flexibility index (Phi) is 7.19. The second-order valence-corrected chi connectivity index (χ2v) is 25.2. The summed E-state index contributed by atoms with van der Waals surface area (Å²) in [6, 6.07) is 6.38. The molecule has 0 unspecified atom stereocenters. The molecule has 0 radical (unpaired) electrons. The van der Waals surface area contributed by atoms with Crippen molar-refractivity contribution < 1.29 is 23.1 Å². The van der Waals surface area contributed by atoms with Crippen molar-refractivity contribution in [1.82, 2.24) is 0 Å². The molecule has 7 heteroatoms. The van der Waals surface area contributed by atoms with E-state index in [9.17, 15) is 0 Å². The second kappa shape index (κ2) is 9.56. The average Bonchev–Trinajstić information content (AvgIpc) is 3.42. The van der Waals surface area contributed by atoms with E-state index in [0.717, 1.165) is 42.7 Å². The Morgan fingerprint density at radius 3 is 2.20 bits per heavy atom. The van der Waals surface area contributed by atoms with Crippen LogP contribution < -0.4 is 9.16 Å². The van der Waals surface area contributed by atoms with Crippen LogP contribution in [0.4, 0.5) is 0 Å². The van der Waals surface area contributed by atoms with E-state index in [4.69, 9.17) is 23.1 Å². The Bertz CT molecular complexity index is 1210. The monoisotopic (exact) mass is 584 g/mol. The lowest BCUT2D eigenvalue weighted by Gasteiger charge is -2.54. The van der Waals surface area contributed by atoms with Crippen molar-refractivity contribution in [2.45, 2.75) is 122 Å². The van der Waals surface area contributed by atoms with E-state index in [1.807, 2.05) is 0 Å². The fourth-order valence-corrected chi connectivity index (χ4v) is 8.49. The van der Waals surface area contributed by atoms with Crippen molar-refractivity contribution >= 4 is 22.7 Å². The van der Waals surface area contributed by atoms with E-state index in [1.54, 1.807) is 0 Å². The van der Waals surface area contributed by atoms with Crippen LogP contribution in [0.2, 0.25) is 36.3 Å². The van der Waals surface area contributed by atoms with Gasteiger partial charge in [-0.1, -0.05) is 54.5 Å². The van der Waals surface area contributed by atoms with Gasteiger partial charge in [0, 0.05) is 30.4 Å². The number of hydrogen-bond donors (Lipinski definition) is 0. The van der Waals surface area contributed by atoms with E-state index >= 15 is 0 Å². The standard InChI is InChI=1S/C33H52O5Si2/c1-29(2,3)39(8,9)36-19-18-32-25(14-16-31(7)28(32)15-17-33(31)34-20-21-35-33)22-24-23-26(12-13-27(24)37-32)38-40(10,11)30(4,5)6/h12-13,15,22-23H,14,16-21H2,1-11H3/t31-,32+/m0/s1. The summed E-state index contributed by atoms with van der Waals surface area (Å²) in [4.78, 5) is 0. The van der Waals surface area contributed by atoms with E-state index in [2.05, 4.69) is 105 Å². The summed E-state index contributed by atoms with van der Waals surface area (Å²) >= 11 is 0. The summed E-state index contributed by atoms with van der Waals surface area (Å²) in [6.45, 7) is 27.3. The van der Waals surface area contributed by atoms with Gasteiger partial charge in [-0.25, -0.2) is 0 Å². The van der Waals surface area contributed by atoms with Gasteiger partial charge < -0.3 is 23.1 Å². The fraction of sp³-hybridized carbons (Fsp3) is 0.697. The Hall–Kier alpha value is -1.39. The zero-order chi connectivity index (χ0) is 29.4.